The average molecular weight is 321 g/mol. The molecule has 120 valence electrons. The zero-order chi connectivity index (χ0) is 15.8. The standard InChI is InChI=1S/C16H23N3O2S/c1-19-9-7-14(8-10-19)17-18-16(20)12-22-11-13-3-5-15(21-2)6-4-13/h3-7,17H,8-12H2,1-2H3,(H,18,20). The summed E-state index contributed by atoms with van der Waals surface area (Å²) in [6.45, 7) is 1.94. The Bertz CT molecular complexity index is 517. The first-order valence-electron chi connectivity index (χ1n) is 7.30. The Balaban J connectivity index is 1.63. The van der Waals surface area contributed by atoms with E-state index in [0.717, 1.165) is 36.7 Å². The van der Waals surface area contributed by atoms with Crippen LogP contribution in [0.2, 0.25) is 0 Å². The number of amides is 1. The molecule has 2 N–H and O–H groups in total. The average Bonchev–Trinajstić information content (AvgIpc) is 2.55. The summed E-state index contributed by atoms with van der Waals surface area (Å²) in [7, 11) is 3.74. The number of hydrogen-bond donors (Lipinski definition) is 2. The number of nitrogens with one attached hydrogen (secondary N) is 2. The van der Waals surface area contributed by atoms with Gasteiger partial charge in [-0.3, -0.25) is 10.2 Å². The van der Waals surface area contributed by atoms with Gasteiger partial charge in [-0.05, 0) is 30.8 Å². The van der Waals surface area contributed by atoms with Crippen LogP contribution in [0.3, 0.4) is 0 Å². The number of hydrazine groups is 1. The van der Waals surface area contributed by atoms with E-state index >= 15 is 0 Å². The monoisotopic (exact) mass is 321 g/mol. The largest absolute Gasteiger partial charge is 0.497 e. The third-order valence-electron chi connectivity index (χ3n) is 3.44. The van der Waals surface area contributed by atoms with E-state index in [9.17, 15) is 4.79 Å². The molecule has 1 heterocycles. The van der Waals surface area contributed by atoms with Crippen molar-refractivity contribution in [2.45, 2.75) is 12.2 Å². The van der Waals surface area contributed by atoms with E-state index in [1.807, 2.05) is 24.3 Å². The fourth-order valence-electron chi connectivity index (χ4n) is 2.05. The number of ether oxygens (including phenoxy) is 1. The van der Waals surface area contributed by atoms with Gasteiger partial charge in [-0.2, -0.15) is 0 Å². The molecular weight excluding hydrogens is 298 g/mol. The Morgan fingerprint density at radius 3 is 2.77 bits per heavy atom. The fraction of sp³-hybridized carbons (Fsp3) is 0.438. The number of carbonyl (C=O) groups is 1. The van der Waals surface area contributed by atoms with Crippen LogP contribution in [0.5, 0.6) is 5.75 Å². The number of likely N-dealkylation sites (N-methyl/N-ethyl adjacent to an activating group) is 1. The van der Waals surface area contributed by atoms with Gasteiger partial charge >= 0.3 is 0 Å². The zero-order valence-corrected chi connectivity index (χ0v) is 13.9. The highest BCUT2D eigenvalue weighted by Gasteiger charge is 2.08. The van der Waals surface area contributed by atoms with E-state index in [-0.39, 0.29) is 5.91 Å². The second-order valence-electron chi connectivity index (χ2n) is 5.26. The lowest BCUT2D eigenvalue weighted by molar-refractivity contribution is -0.119. The third-order valence-corrected chi connectivity index (χ3v) is 4.44. The van der Waals surface area contributed by atoms with E-state index in [1.54, 1.807) is 18.9 Å². The second-order valence-corrected chi connectivity index (χ2v) is 6.24. The quantitative estimate of drug-likeness (QED) is 0.750. The first kappa shape index (κ1) is 16.7. The molecule has 2 rings (SSSR count). The Kier molecular flexibility index (Phi) is 6.61. The molecule has 1 amide bonds. The van der Waals surface area contributed by atoms with E-state index in [1.165, 1.54) is 5.56 Å². The number of hydrogen-bond acceptors (Lipinski definition) is 5. The summed E-state index contributed by atoms with van der Waals surface area (Å²) in [4.78, 5) is 14.0. The van der Waals surface area contributed by atoms with Crippen LogP contribution in [-0.2, 0) is 10.5 Å². The first-order valence-corrected chi connectivity index (χ1v) is 8.46. The summed E-state index contributed by atoms with van der Waals surface area (Å²) >= 11 is 1.59. The van der Waals surface area contributed by atoms with Crippen LogP contribution >= 0.6 is 11.8 Å². The lowest BCUT2D eigenvalue weighted by Crippen LogP contribution is -2.40. The fourth-order valence-corrected chi connectivity index (χ4v) is 2.84. The number of methoxy groups -OCH3 is 1. The number of benzene rings is 1. The summed E-state index contributed by atoms with van der Waals surface area (Å²) in [5.74, 6) is 2.09. The van der Waals surface area contributed by atoms with Gasteiger partial charge in [0, 0.05) is 31.0 Å². The minimum absolute atomic E-state index is 0.00154. The highest BCUT2D eigenvalue weighted by Crippen LogP contribution is 2.16. The van der Waals surface area contributed by atoms with Gasteiger partial charge in [0.25, 0.3) is 0 Å². The number of nitrogens with zero attached hydrogens (tertiary/aromatic N) is 1. The molecule has 1 aromatic rings. The lowest BCUT2D eigenvalue weighted by atomic mass is 10.2. The van der Waals surface area contributed by atoms with Crippen molar-refractivity contribution in [3.8, 4) is 5.75 Å². The van der Waals surface area contributed by atoms with Gasteiger partial charge in [0.15, 0.2) is 0 Å². The summed E-state index contributed by atoms with van der Waals surface area (Å²) in [5, 5.41) is 0. The molecule has 1 aliphatic rings. The van der Waals surface area contributed by atoms with E-state index in [0.29, 0.717) is 5.75 Å². The third kappa shape index (κ3) is 5.61. The van der Waals surface area contributed by atoms with E-state index in [4.69, 9.17) is 4.74 Å². The highest BCUT2D eigenvalue weighted by atomic mass is 32.2. The van der Waals surface area contributed by atoms with Crippen molar-refractivity contribution < 1.29 is 9.53 Å². The maximum atomic E-state index is 11.8. The predicted octanol–water partition coefficient (Wildman–Crippen LogP) is 1.77. The van der Waals surface area contributed by atoms with Crippen molar-refractivity contribution in [3.63, 3.8) is 0 Å². The van der Waals surface area contributed by atoms with Crippen LogP contribution in [0, 0.1) is 0 Å². The minimum Gasteiger partial charge on any atom is -0.497 e. The van der Waals surface area contributed by atoms with Crippen LogP contribution < -0.4 is 15.6 Å². The number of thioether (sulfide) groups is 1. The van der Waals surface area contributed by atoms with E-state index in [2.05, 4.69) is 28.9 Å². The summed E-state index contributed by atoms with van der Waals surface area (Å²) in [5.41, 5.74) is 8.04. The number of carbonyl (C=O) groups excluding carboxylic acids is 1. The molecule has 22 heavy (non-hydrogen) atoms. The molecule has 0 aliphatic carbocycles. The Hall–Kier alpha value is -1.66. The van der Waals surface area contributed by atoms with Gasteiger partial charge in [-0.25, -0.2) is 0 Å². The smallest absolute Gasteiger partial charge is 0.248 e. The summed E-state index contributed by atoms with van der Waals surface area (Å²) < 4.78 is 5.12. The molecule has 0 aromatic heterocycles. The first-order chi connectivity index (χ1) is 10.7. The molecule has 0 radical (unpaired) electrons. The topological polar surface area (TPSA) is 53.6 Å². The van der Waals surface area contributed by atoms with Gasteiger partial charge in [0.1, 0.15) is 5.75 Å². The van der Waals surface area contributed by atoms with Crippen LogP contribution in [-0.4, -0.2) is 43.8 Å². The second kappa shape index (κ2) is 8.70. The molecule has 6 heteroatoms. The summed E-state index contributed by atoms with van der Waals surface area (Å²) in [6.07, 6.45) is 3.05. The Morgan fingerprint density at radius 2 is 2.14 bits per heavy atom. The molecule has 0 saturated carbocycles. The van der Waals surface area contributed by atoms with Gasteiger partial charge in [-0.15, -0.1) is 11.8 Å². The normalized spacial score (nSPS) is 15.1. The molecule has 0 saturated heterocycles. The summed E-state index contributed by atoms with van der Waals surface area (Å²) in [6, 6.07) is 7.91. The molecule has 5 nitrogen and oxygen atoms in total. The van der Waals surface area contributed by atoms with E-state index < -0.39 is 0 Å². The molecule has 0 fully saturated rings. The van der Waals surface area contributed by atoms with Crippen LogP contribution in [0.25, 0.3) is 0 Å². The predicted molar refractivity (Wildman–Crippen MR) is 90.6 cm³/mol. The zero-order valence-electron chi connectivity index (χ0n) is 13.1. The van der Waals surface area contributed by atoms with Crippen molar-refractivity contribution in [2.75, 3.05) is 33.0 Å². The van der Waals surface area contributed by atoms with Crippen molar-refractivity contribution >= 4 is 17.7 Å². The molecule has 1 aromatic carbocycles. The van der Waals surface area contributed by atoms with Gasteiger partial charge in [-0.1, -0.05) is 12.1 Å². The molecule has 1 aliphatic heterocycles. The van der Waals surface area contributed by atoms with Crippen molar-refractivity contribution in [1.29, 1.82) is 0 Å². The van der Waals surface area contributed by atoms with Crippen LogP contribution in [0.15, 0.2) is 36.0 Å². The van der Waals surface area contributed by atoms with Gasteiger partial charge < -0.3 is 15.1 Å². The van der Waals surface area contributed by atoms with Crippen molar-refractivity contribution in [1.82, 2.24) is 15.8 Å². The highest BCUT2D eigenvalue weighted by molar-refractivity contribution is 7.99. The maximum absolute atomic E-state index is 11.8. The van der Waals surface area contributed by atoms with Gasteiger partial charge in [0.05, 0.1) is 12.9 Å². The van der Waals surface area contributed by atoms with Gasteiger partial charge in [0.2, 0.25) is 5.91 Å². The minimum atomic E-state index is -0.00154. The molecule has 0 spiro atoms. The maximum Gasteiger partial charge on any atom is 0.248 e. The molecule has 0 atom stereocenters. The number of rotatable bonds is 7. The van der Waals surface area contributed by atoms with Crippen LogP contribution in [0.4, 0.5) is 0 Å². The molecule has 0 bridgehead atoms. The molecule has 0 unspecified atom stereocenters. The van der Waals surface area contributed by atoms with Crippen LogP contribution in [0.1, 0.15) is 12.0 Å². The SMILES string of the molecule is COc1ccc(CSCC(=O)NNC2=CCN(C)CC2)cc1. The van der Waals surface area contributed by atoms with Crippen molar-refractivity contribution in [3.05, 3.63) is 41.6 Å². The lowest BCUT2D eigenvalue weighted by Gasteiger charge is -2.22. The Labute approximate surface area is 136 Å². The molecular formula is C16H23N3O2S. The van der Waals surface area contributed by atoms with Crippen molar-refractivity contribution in [2.24, 2.45) is 0 Å². The Morgan fingerprint density at radius 1 is 1.36 bits per heavy atom.